The molecule has 30 heavy (non-hydrogen) atoms. The number of hydrogen-bond acceptors (Lipinski definition) is 6. The van der Waals surface area contributed by atoms with Crippen LogP contribution in [0.3, 0.4) is 0 Å². The molecule has 1 N–H and O–H groups in total. The maximum atomic E-state index is 13.3. The van der Waals surface area contributed by atoms with Crippen molar-refractivity contribution >= 4 is 17.3 Å². The molecular weight excluding hydrogens is 409 g/mol. The molecule has 0 radical (unpaired) electrons. The summed E-state index contributed by atoms with van der Waals surface area (Å²) in [4.78, 5) is 22.6. The van der Waals surface area contributed by atoms with Crippen LogP contribution in [0.1, 0.15) is 10.5 Å². The molecule has 0 unspecified atom stereocenters. The predicted molar refractivity (Wildman–Crippen MR) is 96.9 cm³/mol. The first-order valence-electron chi connectivity index (χ1n) is 8.29. The molecule has 1 amide bonds. The summed E-state index contributed by atoms with van der Waals surface area (Å²) in [7, 11) is 0. The largest absolute Gasteiger partial charge is 0.464 e. The summed E-state index contributed by atoms with van der Waals surface area (Å²) in [6.07, 6.45) is 1.35. The highest BCUT2D eigenvalue weighted by molar-refractivity contribution is 6.03. The van der Waals surface area contributed by atoms with Gasteiger partial charge in [-0.2, -0.15) is 13.9 Å². The minimum absolute atomic E-state index is 0.0176. The zero-order valence-corrected chi connectivity index (χ0v) is 15.0. The maximum absolute atomic E-state index is 13.3. The Balaban J connectivity index is 1.68. The van der Waals surface area contributed by atoms with Crippen LogP contribution in [0.25, 0.3) is 0 Å². The second-order valence-electron chi connectivity index (χ2n) is 5.71. The SMILES string of the molecule is O=C(Nc1ccccc1OC(F)F)c1ccn(COc2cc(F)ccc2[N+](=O)[O-])n1. The lowest BCUT2D eigenvalue weighted by Gasteiger charge is -2.10. The molecule has 0 bridgehead atoms. The Morgan fingerprint density at radius 1 is 1.20 bits per heavy atom. The van der Waals surface area contributed by atoms with Crippen LogP contribution < -0.4 is 14.8 Å². The van der Waals surface area contributed by atoms with Crippen LogP contribution in [0, 0.1) is 15.9 Å². The van der Waals surface area contributed by atoms with E-state index in [0.717, 1.165) is 22.9 Å². The number of carbonyl (C=O) groups excluding carboxylic acids is 1. The standard InChI is InChI=1S/C18H13F3N4O5/c19-11-5-6-14(25(27)28)16(9-11)29-10-24-8-7-13(23-24)17(26)22-12-3-1-2-4-15(12)30-18(20)21/h1-9,18H,10H2,(H,22,26). The highest BCUT2D eigenvalue weighted by Crippen LogP contribution is 2.28. The summed E-state index contributed by atoms with van der Waals surface area (Å²) in [6, 6.07) is 9.68. The highest BCUT2D eigenvalue weighted by Gasteiger charge is 2.17. The lowest BCUT2D eigenvalue weighted by molar-refractivity contribution is -0.386. The van der Waals surface area contributed by atoms with Crippen molar-refractivity contribution in [3.63, 3.8) is 0 Å². The fraction of sp³-hybridized carbons (Fsp3) is 0.111. The second-order valence-corrected chi connectivity index (χ2v) is 5.71. The predicted octanol–water partition coefficient (Wildman–Crippen LogP) is 3.82. The number of amides is 1. The quantitative estimate of drug-likeness (QED) is 0.437. The van der Waals surface area contributed by atoms with Crippen LogP contribution in [0.2, 0.25) is 0 Å². The number of nitro groups is 1. The molecule has 156 valence electrons. The van der Waals surface area contributed by atoms with Crippen molar-refractivity contribution in [1.82, 2.24) is 9.78 Å². The number of rotatable bonds is 8. The Kier molecular flexibility index (Phi) is 6.15. The van der Waals surface area contributed by atoms with E-state index in [1.807, 2.05) is 0 Å². The van der Waals surface area contributed by atoms with E-state index in [2.05, 4.69) is 15.2 Å². The molecule has 2 aromatic carbocycles. The number of ether oxygens (including phenoxy) is 2. The van der Waals surface area contributed by atoms with E-state index in [1.54, 1.807) is 0 Å². The Bertz CT molecular complexity index is 1070. The Hall–Kier alpha value is -4.09. The van der Waals surface area contributed by atoms with Crippen molar-refractivity contribution in [3.8, 4) is 11.5 Å². The van der Waals surface area contributed by atoms with Gasteiger partial charge >= 0.3 is 12.3 Å². The summed E-state index contributed by atoms with van der Waals surface area (Å²) in [5.74, 6) is -1.96. The molecule has 1 aromatic heterocycles. The van der Waals surface area contributed by atoms with Gasteiger partial charge in [0.25, 0.3) is 5.91 Å². The number of hydrogen-bond donors (Lipinski definition) is 1. The fourth-order valence-electron chi connectivity index (χ4n) is 2.40. The Labute approximate surface area is 166 Å². The number of carbonyl (C=O) groups is 1. The molecule has 0 fully saturated rings. The Morgan fingerprint density at radius 3 is 2.70 bits per heavy atom. The van der Waals surface area contributed by atoms with Crippen LogP contribution >= 0.6 is 0 Å². The molecule has 0 aliphatic rings. The first kappa shape index (κ1) is 20.6. The number of nitrogens with one attached hydrogen (secondary N) is 1. The van der Waals surface area contributed by atoms with Crippen LogP contribution in [-0.2, 0) is 6.73 Å². The van der Waals surface area contributed by atoms with Gasteiger partial charge in [0.15, 0.2) is 12.4 Å². The molecule has 0 saturated carbocycles. The lowest BCUT2D eigenvalue weighted by Crippen LogP contribution is -2.15. The molecule has 3 aromatic rings. The summed E-state index contributed by atoms with van der Waals surface area (Å²) in [5.41, 5.74) is -0.500. The second kappa shape index (κ2) is 8.94. The van der Waals surface area contributed by atoms with E-state index < -0.39 is 28.9 Å². The van der Waals surface area contributed by atoms with Gasteiger partial charge < -0.3 is 14.8 Å². The minimum atomic E-state index is -3.06. The number of anilines is 1. The van der Waals surface area contributed by atoms with E-state index in [4.69, 9.17) is 4.74 Å². The molecule has 0 aliphatic heterocycles. The number of nitrogens with zero attached hydrogens (tertiary/aromatic N) is 3. The highest BCUT2D eigenvalue weighted by atomic mass is 19.3. The maximum Gasteiger partial charge on any atom is 0.387 e. The molecule has 0 aliphatic carbocycles. The van der Waals surface area contributed by atoms with Gasteiger partial charge in [0.05, 0.1) is 10.6 Å². The average Bonchev–Trinajstić information content (AvgIpc) is 3.16. The van der Waals surface area contributed by atoms with Crippen molar-refractivity contribution < 1.29 is 32.4 Å². The smallest absolute Gasteiger partial charge is 0.387 e. The number of nitro benzene ring substituents is 1. The van der Waals surface area contributed by atoms with Gasteiger partial charge in [-0.3, -0.25) is 14.9 Å². The molecular formula is C18H13F3N4O5. The number of aromatic nitrogens is 2. The first-order valence-corrected chi connectivity index (χ1v) is 8.29. The molecule has 0 atom stereocenters. The zero-order chi connectivity index (χ0) is 21.7. The van der Waals surface area contributed by atoms with Crippen molar-refractivity contribution in [2.45, 2.75) is 13.3 Å². The summed E-state index contributed by atoms with van der Waals surface area (Å²) in [5, 5.41) is 17.3. The number of para-hydroxylation sites is 2. The van der Waals surface area contributed by atoms with Gasteiger partial charge in [-0.1, -0.05) is 12.1 Å². The molecule has 0 spiro atoms. The summed E-state index contributed by atoms with van der Waals surface area (Å²) < 4.78 is 49.0. The van der Waals surface area contributed by atoms with E-state index in [-0.39, 0.29) is 29.6 Å². The third kappa shape index (κ3) is 5.04. The lowest BCUT2D eigenvalue weighted by atomic mass is 10.3. The zero-order valence-electron chi connectivity index (χ0n) is 15.0. The van der Waals surface area contributed by atoms with Gasteiger partial charge in [-0.25, -0.2) is 9.07 Å². The van der Waals surface area contributed by atoms with Gasteiger partial charge in [0.1, 0.15) is 11.6 Å². The van der Waals surface area contributed by atoms with E-state index in [9.17, 15) is 28.1 Å². The molecule has 0 saturated heterocycles. The van der Waals surface area contributed by atoms with Gasteiger partial charge in [-0.05, 0) is 24.3 Å². The molecule has 9 nitrogen and oxygen atoms in total. The fourth-order valence-corrected chi connectivity index (χ4v) is 2.40. The average molecular weight is 422 g/mol. The van der Waals surface area contributed by atoms with Crippen molar-refractivity contribution in [2.75, 3.05) is 5.32 Å². The van der Waals surface area contributed by atoms with Crippen LogP contribution in [0.5, 0.6) is 11.5 Å². The first-order chi connectivity index (χ1) is 14.3. The summed E-state index contributed by atoms with van der Waals surface area (Å²) in [6.45, 7) is -3.41. The van der Waals surface area contributed by atoms with Crippen molar-refractivity contribution in [2.24, 2.45) is 0 Å². The topological polar surface area (TPSA) is 109 Å². The van der Waals surface area contributed by atoms with Crippen molar-refractivity contribution in [1.29, 1.82) is 0 Å². The van der Waals surface area contributed by atoms with E-state index >= 15 is 0 Å². The van der Waals surface area contributed by atoms with E-state index in [0.29, 0.717) is 0 Å². The monoisotopic (exact) mass is 422 g/mol. The minimum Gasteiger partial charge on any atom is -0.464 e. The van der Waals surface area contributed by atoms with Gasteiger partial charge in [0.2, 0.25) is 5.75 Å². The molecule has 3 rings (SSSR count). The van der Waals surface area contributed by atoms with Crippen LogP contribution in [-0.4, -0.2) is 27.2 Å². The van der Waals surface area contributed by atoms with E-state index in [1.165, 1.54) is 36.5 Å². The number of benzene rings is 2. The van der Waals surface area contributed by atoms with Crippen molar-refractivity contribution in [3.05, 3.63) is 76.4 Å². The normalized spacial score (nSPS) is 10.7. The molecule has 1 heterocycles. The van der Waals surface area contributed by atoms with Crippen LogP contribution in [0.15, 0.2) is 54.7 Å². The van der Waals surface area contributed by atoms with Gasteiger partial charge in [0, 0.05) is 18.3 Å². The summed E-state index contributed by atoms with van der Waals surface area (Å²) >= 11 is 0. The molecule has 12 heteroatoms. The van der Waals surface area contributed by atoms with Crippen LogP contribution in [0.4, 0.5) is 24.5 Å². The van der Waals surface area contributed by atoms with Gasteiger partial charge in [-0.15, -0.1) is 0 Å². The number of alkyl halides is 2. The third-order valence-electron chi connectivity index (χ3n) is 3.70. The number of halogens is 3. The third-order valence-corrected chi connectivity index (χ3v) is 3.70. The Morgan fingerprint density at radius 2 is 1.97 bits per heavy atom.